The summed E-state index contributed by atoms with van der Waals surface area (Å²) in [5, 5.41) is 12.7. The van der Waals surface area contributed by atoms with E-state index < -0.39 is 4.92 Å². The molecule has 0 N–H and O–H groups in total. The highest BCUT2D eigenvalue weighted by Crippen LogP contribution is 2.32. The number of hydrogen-bond acceptors (Lipinski definition) is 4. The largest absolute Gasteiger partial charge is 0.456 e. The van der Waals surface area contributed by atoms with E-state index in [-0.39, 0.29) is 5.69 Å². The van der Waals surface area contributed by atoms with Crippen LogP contribution < -0.4 is 4.74 Å². The molecule has 1 heterocycles. The summed E-state index contributed by atoms with van der Waals surface area (Å²) >= 11 is 0. The summed E-state index contributed by atoms with van der Waals surface area (Å²) < 4.78 is 5.91. The molecule has 0 amide bonds. The average Bonchev–Trinajstić information content (AvgIpc) is 2.49. The Morgan fingerprint density at radius 3 is 2.76 bits per heavy atom. The van der Waals surface area contributed by atoms with Crippen molar-refractivity contribution < 1.29 is 9.66 Å². The highest BCUT2D eigenvalue weighted by molar-refractivity contribution is 5.87. The Hall–Kier alpha value is -2.95. The minimum atomic E-state index is -0.416. The predicted octanol–water partition coefficient (Wildman–Crippen LogP) is 4.24. The van der Waals surface area contributed by atoms with Crippen LogP contribution in [0.25, 0.3) is 10.8 Å². The molecule has 104 valence electrons. The van der Waals surface area contributed by atoms with Crippen molar-refractivity contribution in [1.82, 2.24) is 4.98 Å². The summed E-state index contributed by atoms with van der Waals surface area (Å²) in [5.41, 5.74) is 0.775. The van der Waals surface area contributed by atoms with Crippen molar-refractivity contribution >= 4 is 16.5 Å². The molecule has 0 radical (unpaired) electrons. The molecule has 21 heavy (non-hydrogen) atoms. The van der Waals surface area contributed by atoms with Gasteiger partial charge in [-0.3, -0.25) is 15.1 Å². The molecule has 3 rings (SSSR count). The number of hydrogen-bond donors (Lipinski definition) is 0. The van der Waals surface area contributed by atoms with E-state index in [1.54, 1.807) is 25.4 Å². The number of aryl methyl sites for hydroxylation is 1. The maximum atomic E-state index is 10.8. The highest BCUT2D eigenvalue weighted by Gasteiger charge is 2.10. The zero-order valence-electron chi connectivity index (χ0n) is 11.3. The maximum absolute atomic E-state index is 10.8. The maximum Gasteiger partial charge on any atom is 0.269 e. The van der Waals surface area contributed by atoms with Crippen LogP contribution in [0.1, 0.15) is 5.56 Å². The predicted molar refractivity (Wildman–Crippen MR) is 79.7 cm³/mol. The second kappa shape index (κ2) is 5.20. The lowest BCUT2D eigenvalue weighted by Crippen LogP contribution is -1.92. The van der Waals surface area contributed by atoms with Crippen molar-refractivity contribution in [3.8, 4) is 11.5 Å². The number of fused-ring (bicyclic) bond motifs is 1. The molecule has 0 unspecified atom stereocenters. The Bertz CT molecular complexity index is 825. The fourth-order valence-electron chi connectivity index (χ4n) is 2.16. The van der Waals surface area contributed by atoms with Gasteiger partial charge in [-0.1, -0.05) is 12.1 Å². The van der Waals surface area contributed by atoms with Crippen LogP contribution in [0.4, 0.5) is 5.69 Å². The van der Waals surface area contributed by atoms with Crippen LogP contribution in [0.3, 0.4) is 0 Å². The SMILES string of the molecule is Cc1cc([N+](=O)[O-])ccc1Oc1cccc2cnccc12. The topological polar surface area (TPSA) is 65.3 Å². The van der Waals surface area contributed by atoms with Crippen molar-refractivity contribution in [3.05, 3.63) is 70.5 Å². The summed E-state index contributed by atoms with van der Waals surface area (Å²) in [7, 11) is 0. The van der Waals surface area contributed by atoms with Gasteiger partial charge in [-0.15, -0.1) is 0 Å². The zero-order valence-corrected chi connectivity index (χ0v) is 11.3. The summed E-state index contributed by atoms with van der Waals surface area (Å²) in [6.07, 6.45) is 3.47. The van der Waals surface area contributed by atoms with Crippen LogP contribution in [-0.4, -0.2) is 9.91 Å². The number of nitro groups is 1. The van der Waals surface area contributed by atoms with Crippen molar-refractivity contribution in [1.29, 1.82) is 0 Å². The minimum absolute atomic E-state index is 0.0574. The van der Waals surface area contributed by atoms with Crippen molar-refractivity contribution in [2.75, 3.05) is 0 Å². The summed E-state index contributed by atoms with van der Waals surface area (Å²) in [5.74, 6) is 1.30. The third kappa shape index (κ3) is 2.53. The van der Waals surface area contributed by atoms with E-state index in [1.165, 1.54) is 12.1 Å². The van der Waals surface area contributed by atoms with Gasteiger partial charge in [0, 0.05) is 35.3 Å². The molecule has 0 aliphatic carbocycles. The van der Waals surface area contributed by atoms with Crippen molar-refractivity contribution in [3.63, 3.8) is 0 Å². The van der Waals surface area contributed by atoms with Gasteiger partial charge in [0.25, 0.3) is 5.69 Å². The molecule has 0 spiro atoms. The first-order valence-electron chi connectivity index (χ1n) is 6.41. The molecule has 0 atom stereocenters. The number of nitro benzene ring substituents is 1. The zero-order chi connectivity index (χ0) is 14.8. The number of non-ortho nitro benzene ring substituents is 1. The standard InChI is InChI=1S/C16H12N2O3/c1-11-9-13(18(19)20)5-6-15(11)21-16-4-2-3-12-10-17-8-7-14(12)16/h2-10H,1H3. The number of ether oxygens (including phenoxy) is 1. The van der Waals surface area contributed by atoms with Crippen LogP contribution in [-0.2, 0) is 0 Å². The molecule has 5 nitrogen and oxygen atoms in total. The molecule has 0 aliphatic heterocycles. The molecule has 0 bridgehead atoms. The third-order valence-electron chi connectivity index (χ3n) is 3.23. The van der Waals surface area contributed by atoms with E-state index >= 15 is 0 Å². The monoisotopic (exact) mass is 280 g/mol. The minimum Gasteiger partial charge on any atom is -0.456 e. The van der Waals surface area contributed by atoms with Gasteiger partial charge in [-0.05, 0) is 30.7 Å². The van der Waals surface area contributed by atoms with E-state index in [2.05, 4.69) is 4.98 Å². The molecule has 0 saturated heterocycles. The van der Waals surface area contributed by atoms with Gasteiger partial charge < -0.3 is 4.74 Å². The van der Waals surface area contributed by atoms with Crippen molar-refractivity contribution in [2.45, 2.75) is 6.92 Å². The first-order chi connectivity index (χ1) is 10.1. The van der Waals surface area contributed by atoms with Gasteiger partial charge in [-0.2, -0.15) is 0 Å². The first kappa shape index (κ1) is 13.1. The highest BCUT2D eigenvalue weighted by atomic mass is 16.6. The van der Waals surface area contributed by atoms with E-state index in [0.29, 0.717) is 11.5 Å². The van der Waals surface area contributed by atoms with E-state index in [9.17, 15) is 10.1 Å². The van der Waals surface area contributed by atoms with Gasteiger partial charge in [0.2, 0.25) is 0 Å². The lowest BCUT2D eigenvalue weighted by atomic mass is 10.1. The van der Waals surface area contributed by atoms with Gasteiger partial charge in [0.1, 0.15) is 11.5 Å². The van der Waals surface area contributed by atoms with Crippen LogP contribution in [0, 0.1) is 17.0 Å². The second-order valence-electron chi connectivity index (χ2n) is 4.66. The molecule has 5 heteroatoms. The first-order valence-corrected chi connectivity index (χ1v) is 6.41. The Morgan fingerprint density at radius 2 is 2.00 bits per heavy atom. The number of nitrogens with zero attached hydrogens (tertiary/aromatic N) is 2. The second-order valence-corrected chi connectivity index (χ2v) is 4.66. The van der Waals surface area contributed by atoms with Crippen LogP contribution in [0.2, 0.25) is 0 Å². The molecule has 0 fully saturated rings. The van der Waals surface area contributed by atoms with E-state index in [4.69, 9.17) is 4.74 Å². The Labute approximate surface area is 121 Å². The van der Waals surface area contributed by atoms with Gasteiger partial charge in [-0.25, -0.2) is 0 Å². The Morgan fingerprint density at radius 1 is 1.14 bits per heavy atom. The van der Waals surface area contributed by atoms with Gasteiger partial charge in [0.15, 0.2) is 0 Å². The summed E-state index contributed by atoms with van der Waals surface area (Å²) in [4.78, 5) is 14.4. The van der Waals surface area contributed by atoms with Crippen LogP contribution in [0.5, 0.6) is 11.5 Å². The summed E-state index contributed by atoms with van der Waals surface area (Å²) in [6, 6.07) is 12.1. The molecule has 2 aromatic carbocycles. The van der Waals surface area contributed by atoms with E-state index in [1.807, 2.05) is 24.3 Å². The molecule has 3 aromatic rings. The van der Waals surface area contributed by atoms with Crippen molar-refractivity contribution in [2.24, 2.45) is 0 Å². The Balaban J connectivity index is 2.01. The van der Waals surface area contributed by atoms with Crippen LogP contribution in [0.15, 0.2) is 54.9 Å². The molecule has 0 aliphatic rings. The van der Waals surface area contributed by atoms with Crippen LogP contribution >= 0.6 is 0 Å². The normalized spacial score (nSPS) is 10.5. The molecule has 0 saturated carbocycles. The fourth-order valence-corrected chi connectivity index (χ4v) is 2.16. The summed E-state index contributed by atoms with van der Waals surface area (Å²) in [6.45, 7) is 1.79. The third-order valence-corrected chi connectivity index (χ3v) is 3.23. The fraction of sp³-hybridized carbons (Fsp3) is 0.0625. The number of benzene rings is 2. The van der Waals surface area contributed by atoms with Gasteiger partial charge in [0.05, 0.1) is 4.92 Å². The molecular weight excluding hydrogens is 268 g/mol. The quantitative estimate of drug-likeness (QED) is 0.531. The number of pyridine rings is 1. The Kier molecular flexibility index (Phi) is 3.23. The molecular formula is C16H12N2O3. The number of aromatic nitrogens is 1. The van der Waals surface area contributed by atoms with E-state index in [0.717, 1.165) is 16.3 Å². The smallest absolute Gasteiger partial charge is 0.269 e. The lowest BCUT2D eigenvalue weighted by molar-refractivity contribution is -0.384. The lowest BCUT2D eigenvalue weighted by Gasteiger charge is -2.10. The average molecular weight is 280 g/mol. The molecule has 1 aromatic heterocycles. The number of rotatable bonds is 3. The van der Waals surface area contributed by atoms with Gasteiger partial charge >= 0.3 is 0 Å².